The Morgan fingerprint density at radius 3 is 2.89 bits per heavy atom. The molecule has 1 aromatic carbocycles. The Labute approximate surface area is 163 Å². The molecule has 0 saturated heterocycles. The summed E-state index contributed by atoms with van der Waals surface area (Å²) in [6.45, 7) is 1.25. The summed E-state index contributed by atoms with van der Waals surface area (Å²) < 4.78 is 5.00. The van der Waals surface area contributed by atoms with Gasteiger partial charge in [0.25, 0.3) is 0 Å². The number of ketones is 1. The monoisotopic (exact) mass is 401 g/mol. The Hall–Kier alpha value is -2.70. The highest BCUT2D eigenvalue weighted by atomic mass is 32.2. The number of nitrogens with one attached hydrogen (secondary N) is 1. The van der Waals surface area contributed by atoms with Gasteiger partial charge in [-0.15, -0.1) is 23.1 Å². The van der Waals surface area contributed by atoms with Crippen LogP contribution in [-0.4, -0.2) is 34.5 Å². The molecule has 0 spiro atoms. The molecule has 2 heterocycles. The summed E-state index contributed by atoms with van der Waals surface area (Å²) in [5, 5.41) is 13.5. The minimum absolute atomic E-state index is 0.161. The fourth-order valence-electron chi connectivity index (χ4n) is 2.44. The first kappa shape index (κ1) is 19.1. The largest absolute Gasteiger partial charge is 0.458 e. The number of carbonyl (C=O) groups is 3. The third-order valence-corrected chi connectivity index (χ3v) is 6.07. The van der Waals surface area contributed by atoms with Crippen LogP contribution in [0.4, 0.5) is 5.69 Å². The predicted octanol–water partition coefficient (Wildman–Crippen LogP) is 2.67. The molecule has 3 rings (SSSR count). The van der Waals surface area contributed by atoms with E-state index in [1.807, 2.05) is 24.3 Å². The number of nitrogens with zero attached hydrogens (tertiary/aromatic N) is 2. The van der Waals surface area contributed by atoms with Gasteiger partial charge < -0.3 is 10.1 Å². The topological polar surface area (TPSA) is 109 Å². The van der Waals surface area contributed by atoms with Crippen LogP contribution in [-0.2, 0) is 19.1 Å². The van der Waals surface area contributed by atoms with Crippen LogP contribution in [0.25, 0.3) is 0 Å². The molecular formula is C18H15N3O4S2. The number of para-hydroxylation sites is 1. The van der Waals surface area contributed by atoms with Gasteiger partial charge in [0.05, 0.1) is 23.4 Å². The van der Waals surface area contributed by atoms with Crippen molar-refractivity contribution in [1.29, 1.82) is 5.26 Å². The number of fused-ring (bicyclic) bond motifs is 1. The second-order valence-electron chi connectivity index (χ2n) is 5.81. The highest BCUT2D eigenvalue weighted by Crippen LogP contribution is 2.36. The highest BCUT2D eigenvalue weighted by Gasteiger charge is 2.30. The molecule has 9 heteroatoms. The van der Waals surface area contributed by atoms with Crippen molar-refractivity contribution in [2.24, 2.45) is 0 Å². The highest BCUT2D eigenvalue weighted by molar-refractivity contribution is 8.01. The molecule has 1 N–H and O–H groups in total. The lowest BCUT2D eigenvalue weighted by Gasteiger charge is -2.23. The first-order valence-electron chi connectivity index (χ1n) is 8.04. The average Bonchev–Trinajstić information content (AvgIpc) is 3.07. The maximum atomic E-state index is 12.2. The molecular weight excluding hydrogens is 386 g/mol. The third-order valence-electron chi connectivity index (χ3n) is 3.77. The van der Waals surface area contributed by atoms with Gasteiger partial charge in [0.1, 0.15) is 5.01 Å². The van der Waals surface area contributed by atoms with E-state index >= 15 is 0 Å². The maximum absolute atomic E-state index is 12.2. The van der Waals surface area contributed by atoms with E-state index in [-0.39, 0.29) is 12.3 Å². The zero-order valence-electron chi connectivity index (χ0n) is 14.3. The number of hydrogen-bond acceptors (Lipinski definition) is 8. The van der Waals surface area contributed by atoms with Gasteiger partial charge in [0.15, 0.2) is 18.3 Å². The quantitative estimate of drug-likeness (QED) is 0.741. The van der Waals surface area contributed by atoms with Crippen molar-refractivity contribution in [2.45, 2.75) is 29.4 Å². The van der Waals surface area contributed by atoms with Crippen LogP contribution in [0, 0.1) is 18.3 Å². The number of anilines is 1. The number of nitriles is 1. The number of esters is 1. The zero-order valence-corrected chi connectivity index (χ0v) is 15.9. The molecule has 1 aliphatic heterocycles. The van der Waals surface area contributed by atoms with E-state index in [0.29, 0.717) is 10.7 Å². The second-order valence-corrected chi connectivity index (χ2v) is 7.95. The van der Waals surface area contributed by atoms with Gasteiger partial charge in [-0.25, -0.2) is 4.98 Å². The normalized spacial score (nSPS) is 16.6. The molecule has 1 amide bonds. The fourth-order valence-corrected chi connectivity index (χ4v) is 4.40. The first-order chi connectivity index (χ1) is 13.0. The number of thiazole rings is 1. The summed E-state index contributed by atoms with van der Waals surface area (Å²) in [5.74, 6) is -2.54. The Morgan fingerprint density at radius 2 is 2.19 bits per heavy atom. The number of hydrogen-bond donors (Lipinski definition) is 1. The Morgan fingerprint density at radius 1 is 1.41 bits per heavy atom. The van der Waals surface area contributed by atoms with E-state index in [1.54, 1.807) is 18.4 Å². The van der Waals surface area contributed by atoms with Crippen molar-refractivity contribution < 1.29 is 19.1 Å². The van der Waals surface area contributed by atoms with Gasteiger partial charge in [-0.3, -0.25) is 14.4 Å². The number of aryl methyl sites for hydroxylation is 1. The van der Waals surface area contributed by atoms with Gasteiger partial charge in [-0.05, 0) is 19.1 Å². The number of benzene rings is 1. The van der Waals surface area contributed by atoms with Crippen molar-refractivity contribution in [3.8, 4) is 6.07 Å². The van der Waals surface area contributed by atoms with Crippen LogP contribution < -0.4 is 5.32 Å². The number of rotatable bonds is 6. The molecule has 0 radical (unpaired) electrons. The van der Waals surface area contributed by atoms with Crippen molar-refractivity contribution in [3.63, 3.8) is 0 Å². The molecule has 7 nitrogen and oxygen atoms in total. The van der Waals surface area contributed by atoms with E-state index in [9.17, 15) is 19.6 Å². The molecule has 0 unspecified atom stereocenters. The van der Waals surface area contributed by atoms with Crippen LogP contribution in [0.3, 0.4) is 0 Å². The molecule has 138 valence electrons. The summed E-state index contributed by atoms with van der Waals surface area (Å²) >= 11 is 2.50. The van der Waals surface area contributed by atoms with E-state index in [2.05, 4.69) is 10.3 Å². The minimum atomic E-state index is -1.06. The second kappa shape index (κ2) is 8.33. The molecule has 2 aromatic rings. The summed E-state index contributed by atoms with van der Waals surface area (Å²) in [7, 11) is 0. The SMILES string of the molecule is Cc1csc([C@H](C#N)C(=O)COC(=O)C[C@H]2Sc3ccccc3NC2=O)n1. The number of Topliss-reactive ketones (excluding diaryl/α,β-unsaturated/α-hetero) is 1. The molecule has 0 saturated carbocycles. The Kier molecular flexibility index (Phi) is 5.88. The molecule has 27 heavy (non-hydrogen) atoms. The smallest absolute Gasteiger partial charge is 0.307 e. The lowest BCUT2D eigenvalue weighted by atomic mass is 10.1. The van der Waals surface area contributed by atoms with Crippen molar-refractivity contribution in [3.05, 3.63) is 40.3 Å². The van der Waals surface area contributed by atoms with Crippen molar-refractivity contribution >= 4 is 46.4 Å². The number of amides is 1. The van der Waals surface area contributed by atoms with Crippen LogP contribution in [0.5, 0.6) is 0 Å². The standard InChI is InChI=1S/C18H15N3O4S2/c1-10-9-26-18(20-10)11(7-19)13(22)8-25-16(23)6-15-17(24)21-12-4-2-3-5-14(12)27-15/h2-5,9,11,15H,6,8H2,1H3,(H,21,24)/t11-,15-/m1/s1. The van der Waals surface area contributed by atoms with Crippen LogP contribution in [0.1, 0.15) is 23.0 Å². The summed E-state index contributed by atoms with van der Waals surface area (Å²) in [4.78, 5) is 41.4. The van der Waals surface area contributed by atoms with Gasteiger partial charge in [0.2, 0.25) is 5.91 Å². The van der Waals surface area contributed by atoms with Gasteiger partial charge >= 0.3 is 5.97 Å². The molecule has 2 atom stereocenters. The van der Waals surface area contributed by atoms with Crippen molar-refractivity contribution in [2.75, 3.05) is 11.9 Å². The lowest BCUT2D eigenvalue weighted by Crippen LogP contribution is -2.32. The Balaban J connectivity index is 1.54. The summed E-state index contributed by atoms with van der Waals surface area (Å²) in [6.07, 6.45) is -0.161. The molecule has 0 bridgehead atoms. The van der Waals surface area contributed by atoms with Crippen LogP contribution >= 0.6 is 23.1 Å². The predicted molar refractivity (Wildman–Crippen MR) is 101 cm³/mol. The summed E-state index contributed by atoms with van der Waals surface area (Å²) in [5.41, 5.74) is 1.43. The average molecular weight is 401 g/mol. The number of ether oxygens (including phenoxy) is 1. The minimum Gasteiger partial charge on any atom is -0.458 e. The first-order valence-corrected chi connectivity index (χ1v) is 9.80. The molecule has 1 aliphatic rings. The third kappa shape index (κ3) is 4.53. The van der Waals surface area contributed by atoms with Gasteiger partial charge in [-0.1, -0.05) is 12.1 Å². The van der Waals surface area contributed by atoms with E-state index in [0.717, 1.165) is 10.6 Å². The molecule has 0 fully saturated rings. The van der Waals surface area contributed by atoms with Crippen LogP contribution in [0.2, 0.25) is 0 Å². The zero-order chi connectivity index (χ0) is 19.4. The lowest BCUT2D eigenvalue weighted by molar-refractivity contribution is -0.148. The molecule has 0 aliphatic carbocycles. The maximum Gasteiger partial charge on any atom is 0.307 e. The number of aromatic nitrogens is 1. The van der Waals surface area contributed by atoms with E-state index in [4.69, 9.17) is 4.74 Å². The fraction of sp³-hybridized carbons (Fsp3) is 0.278. The van der Waals surface area contributed by atoms with Gasteiger partial charge in [0, 0.05) is 16.0 Å². The van der Waals surface area contributed by atoms with Crippen molar-refractivity contribution in [1.82, 2.24) is 4.98 Å². The van der Waals surface area contributed by atoms with Crippen LogP contribution in [0.15, 0.2) is 34.5 Å². The van der Waals surface area contributed by atoms with E-state index in [1.165, 1.54) is 23.1 Å². The summed E-state index contributed by atoms with van der Waals surface area (Å²) in [6, 6.07) is 9.20. The number of thioether (sulfide) groups is 1. The van der Waals surface area contributed by atoms with Gasteiger partial charge in [-0.2, -0.15) is 5.26 Å². The molecule has 1 aromatic heterocycles. The van der Waals surface area contributed by atoms with E-state index < -0.39 is 29.5 Å². The number of carbonyl (C=O) groups excluding carboxylic acids is 3. The Bertz CT molecular complexity index is 935.